The summed E-state index contributed by atoms with van der Waals surface area (Å²) in [7, 11) is 0. The van der Waals surface area contributed by atoms with Crippen LogP contribution in [0.1, 0.15) is 44.5 Å². The van der Waals surface area contributed by atoms with E-state index in [-0.39, 0.29) is 0 Å². The predicted octanol–water partition coefficient (Wildman–Crippen LogP) is 13.0. The normalized spacial score (nSPS) is 10.7. The zero-order valence-electron chi connectivity index (χ0n) is 28.0. The van der Waals surface area contributed by atoms with E-state index in [4.69, 9.17) is 0 Å². The maximum Gasteiger partial charge on any atom is 0.0493 e. The zero-order valence-corrected chi connectivity index (χ0v) is 28.0. The molecular weight excluding hydrogens is 591 g/mol. The van der Waals surface area contributed by atoms with Crippen LogP contribution in [0.25, 0.3) is 23.3 Å². The zero-order chi connectivity index (χ0) is 33.4. The van der Waals surface area contributed by atoms with Crippen LogP contribution in [0.5, 0.6) is 0 Å². The third kappa shape index (κ3) is 7.22. The Morgan fingerprint density at radius 3 is 1.06 bits per heavy atom. The van der Waals surface area contributed by atoms with Crippen LogP contribution in [-0.2, 0) is 0 Å². The van der Waals surface area contributed by atoms with Gasteiger partial charge in [0, 0.05) is 17.1 Å². The van der Waals surface area contributed by atoms with Crippen molar-refractivity contribution in [2.24, 2.45) is 0 Å². The molecule has 0 aliphatic rings. The van der Waals surface area contributed by atoms with Crippen molar-refractivity contribution < 1.29 is 0 Å². The Labute approximate surface area is 290 Å². The predicted molar refractivity (Wildman–Crippen MR) is 210 cm³/mol. The molecule has 0 amide bonds. The van der Waals surface area contributed by atoms with Gasteiger partial charge in [0.25, 0.3) is 0 Å². The number of hydrogen-bond acceptors (Lipinski definition) is 1. The van der Waals surface area contributed by atoms with Gasteiger partial charge in [-0.3, -0.25) is 0 Å². The first-order chi connectivity index (χ1) is 24.1. The summed E-state index contributed by atoms with van der Waals surface area (Å²) in [6.45, 7) is 4.39. The van der Waals surface area contributed by atoms with Crippen molar-refractivity contribution in [3.05, 3.63) is 233 Å². The van der Waals surface area contributed by atoms with Crippen molar-refractivity contribution >= 4 is 40.4 Å². The van der Waals surface area contributed by atoms with E-state index < -0.39 is 0 Å². The SMILES string of the molecule is Cc1cccc(N(c2ccc(C=C(c3ccccc3)c3ccccc3)cc2)c2ccc(C=C(c3ccccc3)c3ccccc3)cc2)c1C. The van der Waals surface area contributed by atoms with E-state index in [0.29, 0.717) is 0 Å². The van der Waals surface area contributed by atoms with Crippen LogP contribution in [0.2, 0.25) is 0 Å². The topological polar surface area (TPSA) is 3.24 Å². The molecule has 7 aromatic carbocycles. The van der Waals surface area contributed by atoms with Gasteiger partial charge in [0.15, 0.2) is 0 Å². The summed E-state index contributed by atoms with van der Waals surface area (Å²) in [4.78, 5) is 2.37. The van der Waals surface area contributed by atoms with E-state index in [2.05, 4.69) is 219 Å². The number of benzene rings is 7. The Bertz CT molecular complexity index is 1960. The van der Waals surface area contributed by atoms with Gasteiger partial charge in [-0.2, -0.15) is 0 Å². The molecule has 0 heterocycles. The smallest absolute Gasteiger partial charge is 0.0493 e. The maximum absolute atomic E-state index is 2.37. The average molecular weight is 630 g/mol. The Morgan fingerprint density at radius 2 is 0.714 bits per heavy atom. The van der Waals surface area contributed by atoms with Gasteiger partial charge in [0.1, 0.15) is 0 Å². The molecule has 0 saturated heterocycles. The van der Waals surface area contributed by atoms with E-state index in [1.165, 1.54) is 50.2 Å². The van der Waals surface area contributed by atoms with E-state index in [1.54, 1.807) is 0 Å². The van der Waals surface area contributed by atoms with E-state index in [9.17, 15) is 0 Å². The molecule has 0 spiro atoms. The van der Waals surface area contributed by atoms with Crippen molar-refractivity contribution in [2.75, 3.05) is 4.90 Å². The molecule has 0 unspecified atom stereocenters. The lowest BCUT2D eigenvalue weighted by Crippen LogP contribution is -2.11. The van der Waals surface area contributed by atoms with Gasteiger partial charge in [-0.15, -0.1) is 0 Å². The molecule has 7 rings (SSSR count). The van der Waals surface area contributed by atoms with Crippen LogP contribution in [0, 0.1) is 13.8 Å². The molecule has 0 aromatic heterocycles. The molecule has 0 radical (unpaired) electrons. The Kier molecular flexibility index (Phi) is 9.43. The first-order valence-electron chi connectivity index (χ1n) is 16.9. The fourth-order valence-corrected chi connectivity index (χ4v) is 6.32. The fraction of sp³-hybridized carbons (Fsp3) is 0.0417. The molecule has 0 bridgehead atoms. The van der Waals surface area contributed by atoms with Crippen LogP contribution in [0.4, 0.5) is 17.1 Å². The molecule has 1 nitrogen and oxygen atoms in total. The van der Waals surface area contributed by atoms with Crippen molar-refractivity contribution in [3.8, 4) is 0 Å². The van der Waals surface area contributed by atoms with Gasteiger partial charge in [-0.05, 0) is 112 Å². The van der Waals surface area contributed by atoms with E-state index >= 15 is 0 Å². The van der Waals surface area contributed by atoms with Gasteiger partial charge in [-0.25, -0.2) is 0 Å². The minimum atomic E-state index is 1.12. The highest BCUT2D eigenvalue weighted by Gasteiger charge is 2.16. The molecule has 0 fully saturated rings. The van der Waals surface area contributed by atoms with Crippen LogP contribution < -0.4 is 4.90 Å². The van der Waals surface area contributed by atoms with E-state index in [0.717, 1.165) is 22.5 Å². The monoisotopic (exact) mass is 629 g/mol. The molecule has 1 heteroatoms. The molecule has 49 heavy (non-hydrogen) atoms. The Balaban J connectivity index is 1.27. The molecule has 236 valence electrons. The standard InChI is InChI=1S/C48H39N/c1-36-16-15-25-48(37(36)2)49(44-30-26-38(27-31-44)34-46(40-17-7-3-8-18-40)41-19-9-4-10-20-41)45-32-28-39(29-33-45)35-47(42-21-11-5-12-22-42)43-23-13-6-14-24-43/h3-35H,1-2H3. The van der Waals surface area contributed by atoms with Crippen molar-refractivity contribution in [1.29, 1.82) is 0 Å². The maximum atomic E-state index is 2.37. The highest BCUT2D eigenvalue weighted by Crippen LogP contribution is 2.38. The highest BCUT2D eigenvalue weighted by molar-refractivity contribution is 5.93. The third-order valence-electron chi connectivity index (χ3n) is 9.08. The third-order valence-corrected chi connectivity index (χ3v) is 9.08. The fourth-order valence-electron chi connectivity index (χ4n) is 6.32. The van der Waals surface area contributed by atoms with Gasteiger partial charge >= 0.3 is 0 Å². The molecule has 7 aromatic rings. The number of rotatable bonds is 9. The van der Waals surface area contributed by atoms with Crippen LogP contribution in [0.3, 0.4) is 0 Å². The van der Waals surface area contributed by atoms with Crippen molar-refractivity contribution in [3.63, 3.8) is 0 Å². The molecule has 0 N–H and O–H groups in total. The van der Waals surface area contributed by atoms with Crippen molar-refractivity contribution in [2.45, 2.75) is 13.8 Å². The Morgan fingerprint density at radius 1 is 0.367 bits per heavy atom. The first-order valence-corrected chi connectivity index (χ1v) is 16.9. The molecule has 0 aliphatic carbocycles. The summed E-state index contributed by atoms with van der Waals surface area (Å²) in [6, 6.07) is 66.9. The lowest BCUT2D eigenvalue weighted by molar-refractivity contribution is 1.22. The first kappa shape index (κ1) is 31.4. The second-order valence-electron chi connectivity index (χ2n) is 12.3. The summed E-state index contributed by atoms with van der Waals surface area (Å²) in [5, 5.41) is 0. The largest absolute Gasteiger partial charge is 0.310 e. The van der Waals surface area contributed by atoms with Crippen LogP contribution in [0.15, 0.2) is 188 Å². The van der Waals surface area contributed by atoms with Gasteiger partial charge < -0.3 is 4.90 Å². The molecular formula is C48H39N. The van der Waals surface area contributed by atoms with Gasteiger partial charge in [0.2, 0.25) is 0 Å². The van der Waals surface area contributed by atoms with Gasteiger partial charge in [-0.1, -0.05) is 158 Å². The van der Waals surface area contributed by atoms with Crippen molar-refractivity contribution in [1.82, 2.24) is 0 Å². The number of aryl methyl sites for hydroxylation is 1. The second kappa shape index (κ2) is 14.7. The quantitative estimate of drug-likeness (QED) is 0.144. The summed E-state index contributed by atoms with van der Waals surface area (Å²) in [6.07, 6.45) is 4.57. The summed E-state index contributed by atoms with van der Waals surface area (Å²) in [5.74, 6) is 0. The summed E-state index contributed by atoms with van der Waals surface area (Å²) in [5.41, 5.74) is 15.5. The lowest BCUT2D eigenvalue weighted by Gasteiger charge is -2.28. The number of nitrogens with zero attached hydrogens (tertiary/aromatic N) is 1. The van der Waals surface area contributed by atoms with Crippen LogP contribution in [-0.4, -0.2) is 0 Å². The lowest BCUT2D eigenvalue weighted by atomic mass is 9.95. The highest BCUT2D eigenvalue weighted by atomic mass is 15.1. The minimum absolute atomic E-state index is 1.12. The molecule has 0 aliphatic heterocycles. The van der Waals surface area contributed by atoms with Crippen LogP contribution >= 0.6 is 0 Å². The Hall–Kier alpha value is -6.18. The van der Waals surface area contributed by atoms with E-state index in [1.807, 2.05) is 0 Å². The van der Waals surface area contributed by atoms with Gasteiger partial charge in [0.05, 0.1) is 0 Å². The summed E-state index contributed by atoms with van der Waals surface area (Å²) < 4.78 is 0. The number of hydrogen-bond donors (Lipinski definition) is 0. The minimum Gasteiger partial charge on any atom is -0.310 e. The second-order valence-corrected chi connectivity index (χ2v) is 12.3. The molecule has 0 atom stereocenters. The molecule has 0 saturated carbocycles. The average Bonchev–Trinajstić information content (AvgIpc) is 3.17. The number of anilines is 3. The summed E-state index contributed by atoms with van der Waals surface area (Å²) >= 11 is 0.